The van der Waals surface area contributed by atoms with E-state index in [1.807, 2.05) is 23.6 Å². The second-order valence-electron chi connectivity index (χ2n) is 4.63. The van der Waals surface area contributed by atoms with E-state index in [1.54, 1.807) is 6.26 Å². The fourth-order valence-corrected chi connectivity index (χ4v) is 2.54. The molecule has 18 heavy (non-hydrogen) atoms. The van der Waals surface area contributed by atoms with E-state index in [2.05, 4.69) is 4.98 Å². The van der Waals surface area contributed by atoms with Crippen molar-refractivity contribution in [2.45, 2.75) is 26.3 Å². The van der Waals surface area contributed by atoms with Crippen LogP contribution in [0.15, 0.2) is 22.8 Å². The Morgan fingerprint density at radius 3 is 3.11 bits per heavy atom. The molecule has 1 N–H and O–H groups in total. The van der Waals surface area contributed by atoms with E-state index in [0.29, 0.717) is 18.7 Å². The molecule has 0 saturated heterocycles. The second-order valence-corrected chi connectivity index (χ2v) is 4.63. The quantitative estimate of drug-likeness (QED) is 0.881. The number of aromatic nitrogens is 2. The van der Waals surface area contributed by atoms with Gasteiger partial charge in [-0.1, -0.05) is 0 Å². The summed E-state index contributed by atoms with van der Waals surface area (Å²) in [5.41, 5.74) is 2.09. The van der Waals surface area contributed by atoms with E-state index in [4.69, 9.17) is 9.52 Å². The lowest BCUT2D eigenvalue weighted by molar-refractivity contribution is -0.142. The topological polar surface area (TPSA) is 68.3 Å². The molecule has 2 aromatic rings. The van der Waals surface area contributed by atoms with Crippen LogP contribution in [0.4, 0.5) is 0 Å². The van der Waals surface area contributed by atoms with Gasteiger partial charge in [0.05, 0.1) is 17.9 Å². The summed E-state index contributed by atoms with van der Waals surface area (Å²) in [7, 11) is 0. The summed E-state index contributed by atoms with van der Waals surface area (Å²) in [6.07, 6.45) is 3.04. The molecule has 1 aliphatic rings. The summed E-state index contributed by atoms with van der Waals surface area (Å²) < 4.78 is 7.35. The molecule has 1 unspecified atom stereocenters. The molecule has 1 atom stereocenters. The van der Waals surface area contributed by atoms with E-state index in [0.717, 1.165) is 23.6 Å². The van der Waals surface area contributed by atoms with Crippen molar-refractivity contribution in [1.29, 1.82) is 0 Å². The van der Waals surface area contributed by atoms with Crippen molar-refractivity contribution in [1.82, 2.24) is 9.55 Å². The molecule has 0 aliphatic carbocycles. The van der Waals surface area contributed by atoms with E-state index in [1.165, 1.54) is 0 Å². The standard InChI is InChI=1S/C13H14N2O3/c1-8-10-5-4-9(13(16)17)7-15(10)12(14-8)11-3-2-6-18-11/h2-3,6,9H,4-5,7H2,1H3,(H,16,17). The number of carbonyl (C=O) groups is 1. The molecule has 0 spiro atoms. The average Bonchev–Trinajstić information content (AvgIpc) is 2.97. The molecule has 0 aromatic carbocycles. The van der Waals surface area contributed by atoms with Crippen molar-refractivity contribution in [3.05, 3.63) is 29.8 Å². The van der Waals surface area contributed by atoms with Crippen molar-refractivity contribution in [3.8, 4) is 11.6 Å². The highest BCUT2D eigenvalue weighted by molar-refractivity contribution is 5.70. The fraction of sp³-hybridized carbons (Fsp3) is 0.385. The van der Waals surface area contributed by atoms with Gasteiger partial charge in [0, 0.05) is 12.2 Å². The lowest BCUT2D eigenvalue weighted by atomic mass is 9.97. The molecule has 0 saturated carbocycles. The van der Waals surface area contributed by atoms with Gasteiger partial charge in [-0.05, 0) is 31.9 Å². The first-order chi connectivity index (χ1) is 8.66. The van der Waals surface area contributed by atoms with Crippen LogP contribution >= 0.6 is 0 Å². The average molecular weight is 246 g/mol. The third-order valence-electron chi connectivity index (χ3n) is 3.50. The first kappa shape index (κ1) is 11.1. The molecule has 5 nitrogen and oxygen atoms in total. The summed E-state index contributed by atoms with van der Waals surface area (Å²) in [5.74, 6) is 0.353. The Morgan fingerprint density at radius 2 is 2.44 bits per heavy atom. The number of hydrogen-bond donors (Lipinski definition) is 1. The smallest absolute Gasteiger partial charge is 0.308 e. The molecule has 3 rings (SSSR count). The third-order valence-corrected chi connectivity index (χ3v) is 3.50. The molecule has 5 heteroatoms. The maximum absolute atomic E-state index is 11.1. The van der Waals surface area contributed by atoms with Gasteiger partial charge in [-0.15, -0.1) is 0 Å². The number of fused-ring (bicyclic) bond motifs is 1. The van der Waals surface area contributed by atoms with Crippen LogP contribution in [0.5, 0.6) is 0 Å². The molecule has 94 valence electrons. The molecule has 0 radical (unpaired) electrons. The van der Waals surface area contributed by atoms with Gasteiger partial charge in [-0.3, -0.25) is 4.79 Å². The van der Waals surface area contributed by atoms with Gasteiger partial charge in [-0.25, -0.2) is 4.98 Å². The first-order valence-corrected chi connectivity index (χ1v) is 5.99. The van der Waals surface area contributed by atoms with Crippen molar-refractivity contribution in [2.24, 2.45) is 5.92 Å². The van der Waals surface area contributed by atoms with Crippen molar-refractivity contribution in [3.63, 3.8) is 0 Å². The lowest BCUT2D eigenvalue weighted by Gasteiger charge is -2.22. The molecule has 0 bridgehead atoms. The van der Waals surface area contributed by atoms with Gasteiger partial charge in [0.15, 0.2) is 11.6 Å². The normalized spacial score (nSPS) is 18.6. The molecule has 0 amide bonds. The minimum absolute atomic E-state index is 0.334. The number of furan rings is 1. The Bertz CT molecular complexity index is 584. The molecule has 0 fully saturated rings. The van der Waals surface area contributed by atoms with Crippen LogP contribution in [0.3, 0.4) is 0 Å². The number of aliphatic carboxylic acids is 1. The minimum Gasteiger partial charge on any atom is -0.481 e. The number of nitrogens with zero attached hydrogens (tertiary/aromatic N) is 2. The van der Waals surface area contributed by atoms with Gasteiger partial charge in [0.1, 0.15) is 0 Å². The predicted molar refractivity (Wildman–Crippen MR) is 64.1 cm³/mol. The van der Waals surface area contributed by atoms with Crippen molar-refractivity contribution < 1.29 is 14.3 Å². The van der Waals surface area contributed by atoms with Crippen LogP contribution in [0.2, 0.25) is 0 Å². The van der Waals surface area contributed by atoms with E-state index >= 15 is 0 Å². The van der Waals surface area contributed by atoms with E-state index in [9.17, 15) is 4.79 Å². The zero-order chi connectivity index (χ0) is 12.7. The van der Waals surface area contributed by atoms with E-state index < -0.39 is 5.97 Å². The van der Waals surface area contributed by atoms with Gasteiger partial charge < -0.3 is 14.1 Å². The van der Waals surface area contributed by atoms with Gasteiger partial charge in [0.25, 0.3) is 0 Å². The summed E-state index contributed by atoms with van der Waals surface area (Å²) in [6, 6.07) is 3.66. The number of rotatable bonds is 2. The number of aryl methyl sites for hydroxylation is 1. The molecule has 1 aliphatic heterocycles. The molecular formula is C13H14N2O3. The Balaban J connectivity index is 2.06. The largest absolute Gasteiger partial charge is 0.481 e. The van der Waals surface area contributed by atoms with Crippen LogP contribution in [0, 0.1) is 12.8 Å². The van der Waals surface area contributed by atoms with Crippen LogP contribution in [-0.4, -0.2) is 20.6 Å². The van der Waals surface area contributed by atoms with Crippen LogP contribution < -0.4 is 0 Å². The summed E-state index contributed by atoms with van der Waals surface area (Å²) >= 11 is 0. The van der Waals surface area contributed by atoms with Crippen LogP contribution in [0.25, 0.3) is 11.6 Å². The first-order valence-electron chi connectivity index (χ1n) is 5.99. The zero-order valence-electron chi connectivity index (χ0n) is 10.1. The highest BCUT2D eigenvalue weighted by Gasteiger charge is 2.28. The highest BCUT2D eigenvalue weighted by atomic mass is 16.4. The molecule has 2 aromatic heterocycles. The third kappa shape index (κ3) is 1.63. The number of carboxylic acid groups (broad SMARTS) is 1. The second kappa shape index (κ2) is 4.01. The van der Waals surface area contributed by atoms with Gasteiger partial charge >= 0.3 is 5.97 Å². The molecule has 3 heterocycles. The van der Waals surface area contributed by atoms with Gasteiger partial charge in [-0.2, -0.15) is 0 Å². The maximum atomic E-state index is 11.1. The van der Waals surface area contributed by atoms with Crippen LogP contribution in [0.1, 0.15) is 17.8 Å². The summed E-state index contributed by atoms with van der Waals surface area (Å²) in [6.45, 7) is 2.43. The minimum atomic E-state index is -0.739. The Labute approximate surface area is 104 Å². The monoisotopic (exact) mass is 246 g/mol. The summed E-state index contributed by atoms with van der Waals surface area (Å²) in [5, 5.41) is 9.13. The zero-order valence-corrected chi connectivity index (χ0v) is 10.1. The van der Waals surface area contributed by atoms with Crippen molar-refractivity contribution >= 4 is 5.97 Å². The number of carboxylic acids is 1. The number of hydrogen-bond acceptors (Lipinski definition) is 3. The van der Waals surface area contributed by atoms with Gasteiger partial charge in [0.2, 0.25) is 0 Å². The summed E-state index contributed by atoms with van der Waals surface area (Å²) in [4.78, 5) is 15.6. The Hall–Kier alpha value is -2.04. The predicted octanol–water partition coefficient (Wildman–Crippen LogP) is 2.10. The Morgan fingerprint density at radius 1 is 1.61 bits per heavy atom. The molecular weight excluding hydrogens is 232 g/mol. The van der Waals surface area contributed by atoms with Crippen molar-refractivity contribution in [2.75, 3.05) is 0 Å². The Kier molecular flexibility index (Phi) is 2.47. The highest BCUT2D eigenvalue weighted by Crippen LogP contribution is 2.29. The fourth-order valence-electron chi connectivity index (χ4n) is 2.54. The SMILES string of the molecule is Cc1nc(-c2ccco2)n2c1CCC(C(=O)O)C2. The maximum Gasteiger partial charge on any atom is 0.308 e. The lowest BCUT2D eigenvalue weighted by Crippen LogP contribution is -2.26. The van der Waals surface area contributed by atoms with Crippen LogP contribution in [-0.2, 0) is 17.8 Å². The number of imidazole rings is 1. The van der Waals surface area contributed by atoms with E-state index in [-0.39, 0.29) is 5.92 Å².